The number of nitro groups is 1. The summed E-state index contributed by atoms with van der Waals surface area (Å²) in [5.74, 6) is -2.82. The Morgan fingerprint density at radius 2 is 1.67 bits per heavy atom. The summed E-state index contributed by atoms with van der Waals surface area (Å²) in [5, 5.41) is 15.5. The number of thioether (sulfide) groups is 1. The summed E-state index contributed by atoms with van der Waals surface area (Å²) in [4.78, 5) is 66.7. The van der Waals surface area contributed by atoms with Gasteiger partial charge in [0.2, 0.25) is 17.7 Å². The summed E-state index contributed by atoms with van der Waals surface area (Å²) in [6.07, 6.45) is 0. The summed E-state index contributed by atoms with van der Waals surface area (Å²) in [5.41, 5.74) is 1.42. The van der Waals surface area contributed by atoms with Crippen molar-refractivity contribution < 1.29 is 19.3 Å². The second-order valence-corrected chi connectivity index (χ2v) is 13.6. The number of fused-ring (bicyclic) bond motifs is 3. The van der Waals surface area contributed by atoms with Crippen molar-refractivity contribution in [2.75, 3.05) is 10.2 Å². The number of amides is 3. The van der Waals surface area contributed by atoms with Gasteiger partial charge in [-0.2, -0.15) is 0 Å². The first kappa shape index (κ1) is 29.1. The van der Waals surface area contributed by atoms with Crippen LogP contribution in [0.15, 0.2) is 105 Å². The fraction of sp³-hybridized carbons (Fsp3) is 0.125. The number of aromatic nitrogens is 1. The number of anilines is 2. The van der Waals surface area contributed by atoms with Crippen molar-refractivity contribution in [1.29, 1.82) is 0 Å². The van der Waals surface area contributed by atoms with Crippen molar-refractivity contribution in [1.82, 2.24) is 4.57 Å². The zero-order chi connectivity index (χ0) is 31.4. The zero-order valence-corrected chi connectivity index (χ0v) is 26.3. The standard InChI is InChI=1S/C32H21BrN4O6S2/c33-19-8-3-7-18(15-19)25-26-27(30(40)36(29(26)39)20-11-13-21(14-12-20)37(42)43)44-31-28(25)45-32(41)35(31)16-24(38)34-23-10-4-6-17-5-1-2-9-22(17)23/h1-15,25-27H,16H2,(H,34,38)/t25-,26?,27?/m1/s1. The van der Waals surface area contributed by atoms with E-state index >= 15 is 0 Å². The molecule has 0 spiro atoms. The number of halogens is 1. The highest BCUT2D eigenvalue weighted by Gasteiger charge is 2.56. The van der Waals surface area contributed by atoms with Crippen LogP contribution in [0.25, 0.3) is 10.8 Å². The fourth-order valence-electron chi connectivity index (χ4n) is 5.96. The molecule has 0 aliphatic carbocycles. The van der Waals surface area contributed by atoms with Gasteiger partial charge in [0.15, 0.2) is 0 Å². The van der Waals surface area contributed by atoms with Crippen molar-refractivity contribution >= 4 is 84.6 Å². The van der Waals surface area contributed by atoms with Gasteiger partial charge >= 0.3 is 4.87 Å². The zero-order valence-electron chi connectivity index (χ0n) is 23.1. The van der Waals surface area contributed by atoms with E-state index in [1.807, 2.05) is 60.7 Å². The van der Waals surface area contributed by atoms with Gasteiger partial charge in [0.25, 0.3) is 5.69 Å². The second-order valence-electron chi connectivity index (χ2n) is 10.6. The number of imide groups is 1. The molecule has 3 heterocycles. The average Bonchev–Trinajstić information content (AvgIpc) is 3.47. The van der Waals surface area contributed by atoms with E-state index in [1.165, 1.54) is 28.8 Å². The van der Waals surface area contributed by atoms with Crippen LogP contribution in [-0.4, -0.2) is 32.5 Å². The molecular weight excluding hydrogens is 680 g/mol. The molecule has 10 nitrogen and oxygen atoms in total. The molecule has 4 aromatic carbocycles. The lowest BCUT2D eigenvalue weighted by molar-refractivity contribution is -0.384. The van der Waals surface area contributed by atoms with Gasteiger partial charge < -0.3 is 5.32 Å². The number of carbonyl (C=O) groups excluding carboxylic acids is 3. The van der Waals surface area contributed by atoms with Crippen LogP contribution in [0, 0.1) is 16.0 Å². The maximum Gasteiger partial charge on any atom is 0.308 e. The number of nitro benzene ring substituents is 1. The van der Waals surface area contributed by atoms with Crippen LogP contribution in [0.2, 0.25) is 0 Å². The van der Waals surface area contributed by atoms with E-state index in [0.29, 0.717) is 15.6 Å². The SMILES string of the molecule is O=C(Cn1c2c(sc1=O)[C@H](c1cccc(Br)c1)C1C(=O)N(c3ccc([N+](=O)[O-])cc3)C(=O)C1S2)Nc1cccc2ccccc12. The molecule has 5 aromatic rings. The number of benzene rings is 4. The minimum atomic E-state index is -0.884. The molecule has 1 N–H and O–H groups in total. The van der Waals surface area contributed by atoms with Crippen molar-refractivity contribution in [3.05, 3.63) is 126 Å². The Labute approximate surface area is 271 Å². The number of rotatable bonds is 6. The van der Waals surface area contributed by atoms with Crippen molar-refractivity contribution in [2.24, 2.45) is 5.92 Å². The minimum Gasteiger partial charge on any atom is -0.324 e. The Hall–Kier alpha value is -4.59. The van der Waals surface area contributed by atoms with Crippen LogP contribution in [0.1, 0.15) is 16.4 Å². The van der Waals surface area contributed by atoms with Gasteiger partial charge in [-0.05, 0) is 41.3 Å². The summed E-state index contributed by atoms with van der Waals surface area (Å²) in [7, 11) is 0. The van der Waals surface area contributed by atoms with Gasteiger partial charge in [-0.3, -0.25) is 33.9 Å². The third-order valence-corrected chi connectivity index (χ3v) is 11.0. The van der Waals surface area contributed by atoms with E-state index in [2.05, 4.69) is 21.2 Å². The molecule has 2 aliphatic rings. The van der Waals surface area contributed by atoms with Crippen LogP contribution in [0.5, 0.6) is 0 Å². The van der Waals surface area contributed by atoms with E-state index in [1.54, 1.807) is 6.07 Å². The third-order valence-electron chi connectivity index (χ3n) is 7.94. The number of thiazole rings is 1. The Morgan fingerprint density at radius 1 is 0.933 bits per heavy atom. The minimum absolute atomic E-state index is 0.162. The first-order valence-electron chi connectivity index (χ1n) is 13.8. The summed E-state index contributed by atoms with van der Waals surface area (Å²) >= 11 is 5.57. The van der Waals surface area contributed by atoms with Crippen molar-refractivity contribution in [3.8, 4) is 0 Å². The highest BCUT2D eigenvalue weighted by Crippen LogP contribution is 2.54. The molecule has 3 amide bonds. The third kappa shape index (κ3) is 5.06. The molecule has 0 bridgehead atoms. The lowest BCUT2D eigenvalue weighted by Crippen LogP contribution is -2.33. The van der Waals surface area contributed by atoms with Crippen LogP contribution >= 0.6 is 39.0 Å². The van der Waals surface area contributed by atoms with Gasteiger partial charge in [-0.25, -0.2) is 4.90 Å². The molecule has 0 radical (unpaired) electrons. The molecule has 1 saturated heterocycles. The lowest BCUT2D eigenvalue weighted by atomic mass is 9.83. The van der Waals surface area contributed by atoms with Crippen molar-refractivity contribution in [2.45, 2.75) is 22.7 Å². The van der Waals surface area contributed by atoms with E-state index in [9.17, 15) is 29.3 Å². The van der Waals surface area contributed by atoms with E-state index in [-0.39, 0.29) is 22.8 Å². The number of non-ortho nitro benzene ring substituents is 1. The normalized spacial score (nSPS) is 19.0. The first-order chi connectivity index (χ1) is 21.7. The van der Waals surface area contributed by atoms with Gasteiger partial charge in [0, 0.05) is 38.5 Å². The molecule has 45 heavy (non-hydrogen) atoms. The number of hydrogen-bond acceptors (Lipinski definition) is 8. The molecule has 2 unspecified atom stereocenters. The Balaban J connectivity index is 1.27. The Kier molecular flexibility index (Phi) is 7.38. The van der Waals surface area contributed by atoms with E-state index in [4.69, 9.17) is 0 Å². The van der Waals surface area contributed by atoms with Gasteiger partial charge in [-0.1, -0.05) is 87.6 Å². The lowest BCUT2D eigenvalue weighted by Gasteiger charge is -2.30. The number of nitrogens with zero attached hydrogens (tertiary/aromatic N) is 3. The maximum absolute atomic E-state index is 14.0. The number of nitrogens with one attached hydrogen (secondary N) is 1. The van der Waals surface area contributed by atoms with Gasteiger partial charge in [-0.15, -0.1) is 0 Å². The molecule has 2 aliphatic heterocycles. The highest BCUT2D eigenvalue weighted by atomic mass is 79.9. The Morgan fingerprint density at radius 3 is 2.42 bits per heavy atom. The molecule has 7 rings (SSSR count). The Bertz CT molecular complexity index is 2110. The molecule has 224 valence electrons. The molecule has 1 fully saturated rings. The highest BCUT2D eigenvalue weighted by molar-refractivity contribution is 9.10. The molecular formula is C32H21BrN4O6S2. The monoisotopic (exact) mass is 700 g/mol. The quantitative estimate of drug-likeness (QED) is 0.127. The summed E-state index contributed by atoms with van der Waals surface area (Å²) in [6, 6.07) is 25.9. The van der Waals surface area contributed by atoms with Gasteiger partial charge in [0.05, 0.1) is 21.6 Å². The summed E-state index contributed by atoms with van der Waals surface area (Å²) < 4.78 is 2.14. The number of carbonyl (C=O) groups is 3. The maximum atomic E-state index is 14.0. The van der Waals surface area contributed by atoms with Crippen molar-refractivity contribution in [3.63, 3.8) is 0 Å². The summed E-state index contributed by atoms with van der Waals surface area (Å²) in [6.45, 7) is -0.280. The van der Waals surface area contributed by atoms with E-state index < -0.39 is 39.7 Å². The molecule has 13 heteroatoms. The fourth-order valence-corrected chi connectivity index (χ4v) is 9.15. The molecule has 0 saturated carbocycles. The predicted octanol–water partition coefficient (Wildman–Crippen LogP) is 6.17. The van der Waals surface area contributed by atoms with Crippen LogP contribution in [0.4, 0.5) is 17.1 Å². The second kappa shape index (κ2) is 11.4. The van der Waals surface area contributed by atoms with Crippen LogP contribution in [0.3, 0.4) is 0 Å². The van der Waals surface area contributed by atoms with Crippen LogP contribution < -0.4 is 15.1 Å². The van der Waals surface area contributed by atoms with Crippen LogP contribution in [-0.2, 0) is 20.9 Å². The first-order valence-corrected chi connectivity index (χ1v) is 16.3. The van der Waals surface area contributed by atoms with Gasteiger partial charge in [0.1, 0.15) is 11.8 Å². The molecule has 1 aromatic heterocycles. The average molecular weight is 702 g/mol. The smallest absolute Gasteiger partial charge is 0.308 e. The number of hydrogen-bond donors (Lipinski definition) is 1. The largest absolute Gasteiger partial charge is 0.324 e. The van der Waals surface area contributed by atoms with E-state index in [0.717, 1.165) is 48.8 Å². The topological polar surface area (TPSA) is 132 Å². The predicted molar refractivity (Wildman–Crippen MR) is 176 cm³/mol. The molecule has 3 atom stereocenters.